The molecule has 1 aromatic carbocycles. The molecule has 0 unspecified atom stereocenters. The molecule has 1 aromatic rings. The van der Waals surface area contributed by atoms with Crippen molar-refractivity contribution >= 4 is 11.6 Å². The van der Waals surface area contributed by atoms with Gasteiger partial charge in [-0.1, -0.05) is 47.6 Å². The number of rotatable bonds is 1. The quantitative estimate of drug-likeness (QED) is 0.372. The van der Waals surface area contributed by atoms with Crippen LogP contribution in [0.4, 0.5) is 0 Å². The van der Waals surface area contributed by atoms with Crippen LogP contribution in [0.3, 0.4) is 0 Å². The van der Waals surface area contributed by atoms with Crippen LogP contribution in [-0.4, -0.2) is 34.0 Å². The maximum atomic E-state index is 12.4. The summed E-state index contributed by atoms with van der Waals surface area (Å²) in [6.07, 6.45) is 8.35. The van der Waals surface area contributed by atoms with Crippen LogP contribution in [-0.2, 0) is 11.2 Å². The predicted molar refractivity (Wildman–Crippen MR) is 129 cm³/mol. The highest BCUT2D eigenvalue weighted by atomic mass is 16.3. The lowest BCUT2D eigenvalue weighted by Gasteiger charge is -2.58. The fraction of sp³-hybridized carbons (Fsp3) is 0.533. The topological polar surface area (TPSA) is 74.6 Å². The van der Waals surface area contributed by atoms with E-state index >= 15 is 0 Å². The lowest BCUT2D eigenvalue weighted by Crippen LogP contribution is -2.52. The molecule has 5 aliphatic carbocycles. The fourth-order valence-electron chi connectivity index (χ4n) is 8.39. The number of carbonyl (C=O) groups excluding carboxylic acids is 2. The van der Waals surface area contributed by atoms with Gasteiger partial charge in [0.05, 0.1) is 0 Å². The van der Waals surface area contributed by atoms with E-state index in [0.717, 1.165) is 44.1 Å². The van der Waals surface area contributed by atoms with E-state index in [4.69, 9.17) is 0 Å². The highest BCUT2D eigenvalue weighted by Crippen LogP contribution is 2.70. The SMILES string of the molecule is CC(=O)c1ccc2c(c1)C[C@]13CCC(=O)C=C1CCC1=C3[C@@H]2C[C@@]2(C)[C@H]1CC[C@@]2(O)C#CCO. The van der Waals surface area contributed by atoms with Crippen molar-refractivity contribution in [1.29, 1.82) is 0 Å². The van der Waals surface area contributed by atoms with Crippen molar-refractivity contribution < 1.29 is 19.8 Å². The summed E-state index contributed by atoms with van der Waals surface area (Å²) in [6, 6.07) is 6.16. The smallest absolute Gasteiger partial charge is 0.159 e. The number of carbonyl (C=O) groups is 2. The highest BCUT2D eigenvalue weighted by Gasteiger charge is 2.64. The molecule has 176 valence electrons. The van der Waals surface area contributed by atoms with Crippen LogP contribution in [0.5, 0.6) is 0 Å². The largest absolute Gasteiger partial charge is 0.384 e. The van der Waals surface area contributed by atoms with Crippen LogP contribution in [0.15, 0.2) is 41.0 Å². The molecule has 0 aliphatic heterocycles. The van der Waals surface area contributed by atoms with Gasteiger partial charge in [0.25, 0.3) is 0 Å². The monoisotopic (exact) mass is 456 g/mol. The number of aliphatic hydroxyl groups excluding tert-OH is 1. The van der Waals surface area contributed by atoms with E-state index in [9.17, 15) is 19.8 Å². The van der Waals surface area contributed by atoms with Crippen LogP contribution in [0.1, 0.15) is 86.2 Å². The molecular formula is C30H32O4. The Kier molecular flexibility index (Phi) is 4.70. The lowest BCUT2D eigenvalue weighted by molar-refractivity contribution is -0.115. The molecular weight excluding hydrogens is 424 g/mol. The molecule has 0 bridgehead atoms. The zero-order chi connectivity index (χ0) is 23.9. The van der Waals surface area contributed by atoms with Gasteiger partial charge in [-0.2, -0.15) is 0 Å². The first-order valence-corrected chi connectivity index (χ1v) is 12.7. The van der Waals surface area contributed by atoms with Crippen LogP contribution >= 0.6 is 0 Å². The second-order valence-electron chi connectivity index (χ2n) is 11.4. The molecule has 34 heavy (non-hydrogen) atoms. The average molecular weight is 457 g/mol. The summed E-state index contributed by atoms with van der Waals surface area (Å²) < 4.78 is 0. The van der Waals surface area contributed by atoms with Gasteiger partial charge in [-0.05, 0) is 81.1 Å². The van der Waals surface area contributed by atoms with Gasteiger partial charge in [0, 0.05) is 28.7 Å². The molecule has 0 amide bonds. The Morgan fingerprint density at radius 1 is 1.21 bits per heavy atom. The van der Waals surface area contributed by atoms with Crippen molar-refractivity contribution in [3.05, 3.63) is 57.7 Å². The van der Waals surface area contributed by atoms with Crippen molar-refractivity contribution in [2.75, 3.05) is 6.61 Å². The van der Waals surface area contributed by atoms with Gasteiger partial charge in [0.2, 0.25) is 0 Å². The van der Waals surface area contributed by atoms with Gasteiger partial charge in [-0.3, -0.25) is 9.59 Å². The fourth-order valence-corrected chi connectivity index (χ4v) is 8.39. The van der Waals surface area contributed by atoms with Gasteiger partial charge in [0.1, 0.15) is 12.2 Å². The van der Waals surface area contributed by atoms with E-state index in [0.29, 0.717) is 12.8 Å². The van der Waals surface area contributed by atoms with Gasteiger partial charge < -0.3 is 10.2 Å². The Hall–Kier alpha value is -2.48. The van der Waals surface area contributed by atoms with E-state index in [-0.39, 0.29) is 35.4 Å². The van der Waals surface area contributed by atoms with E-state index in [1.165, 1.54) is 27.8 Å². The third-order valence-electron chi connectivity index (χ3n) is 9.97. The Balaban J connectivity index is 1.60. The van der Waals surface area contributed by atoms with Crippen LogP contribution in [0.2, 0.25) is 0 Å². The van der Waals surface area contributed by atoms with E-state index in [2.05, 4.69) is 30.9 Å². The normalized spacial score (nSPS) is 37.5. The minimum absolute atomic E-state index is 0.0701. The molecule has 5 atom stereocenters. The lowest BCUT2D eigenvalue weighted by atomic mass is 9.45. The van der Waals surface area contributed by atoms with Crippen molar-refractivity contribution in [3.63, 3.8) is 0 Å². The number of hydrogen-bond donors (Lipinski definition) is 2. The Bertz CT molecular complexity index is 1260. The predicted octanol–water partition coefficient (Wildman–Crippen LogP) is 4.44. The molecule has 1 saturated carbocycles. The number of Topliss-reactive ketones (excluding diaryl/α,β-unsaturated/α-hetero) is 1. The Labute approximate surface area is 201 Å². The summed E-state index contributed by atoms with van der Waals surface area (Å²) in [4.78, 5) is 24.6. The molecule has 5 aliphatic rings. The maximum Gasteiger partial charge on any atom is 0.159 e. The van der Waals surface area contributed by atoms with Crippen LogP contribution in [0.25, 0.3) is 0 Å². The highest BCUT2D eigenvalue weighted by molar-refractivity contribution is 5.94. The molecule has 6 rings (SSSR count). The average Bonchev–Trinajstić information content (AvgIpc) is 3.08. The Morgan fingerprint density at radius 2 is 2.03 bits per heavy atom. The first kappa shape index (κ1) is 22.0. The molecule has 4 nitrogen and oxygen atoms in total. The minimum atomic E-state index is -1.12. The molecule has 1 fully saturated rings. The third-order valence-corrected chi connectivity index (χ3v) is 9.97. The van der Waals surface area contributed by atoms with E-state index < -0.39 is 11.0 Å². The molecule has 2 N–H and O–H groups in total. The number of aliphatic hydroxyl groups is 2. The molecule has 0 saturated heterocycles. The zero-order valence-electron chi connectivity index (χ0n) is 20.0. The van der Waals surface area contributed by atoms with Gasteiger partial charge in [-0.25, -0.2) is 0 Å². The first-order chi connectivity index (χ1) is 16.2. The molecule has 1 spiro atoms. The van der Waals surface area contributed by atoms with Crippen LogP contribution in [0, 0.1) is 28.6 Å². The van der Waals surface area contributed by atoms with Crippen LogP contribution < -0.4 is 0 Å². The Morgan fingerprint density at radius 3 is 2.79 bits per heavy atom. The number of benzene rings is 1. The van der Waals surface area contributed by atoms with E-state index in [1.54, 1.807) is 6.92 Å². The number of fused-ring (bicyclic) bond motifs is 4. The third kappa shape index (κ3) is 2.75. The summed E-state index contributed by atoms with van der Waals surface area (Å²) in [5, 5.41) is 21.1. The first-order valence-electron chi connectivity index (χ1n) is 12.7. The second-order valence-corrected chi connectivity index (χ2v) is 11.4. The van der Waals surface area contributed by atoms with E-state index in [1.807, 2.05) is 12.1 Å². The standard InChI is InChI=1S/C30H32O4/c1-18(32)19-4-6-23-20(14-19)16-29-11-8-22(33)15-21(29)5-7-24-26-9-12-30(34,10-3-13-31)28(26,2)17-25(23)27(24)29/h4,6,14-15,25-26,31,34H,5,7-9,11-13,16-17H2,1-2H3/t25-,26+,28+,29-,30+/m1/s1. The van der Waals surface area contributed by atoms with Gasteiger partial charge in [0.15, 0.2) is 11.6 Å². The van der Waals surface area contributed by atoms with Gasteiger partial charge in [-0.15, -0.1) is 0 Å². The number of hydrogen-bond acceptors (Lipinski definition) is 4. The molecule has 0 aromatic heterocycles. The molecule has 4 heteroatoms. The summed E-state index contributed by atoms with van der Waals surface area (Å²) in [7, 11) is 0. The summed E-state index contributed by atoms with van der Waals surface area (Å²) in [5.74, 6) is 6.54. The summed E-state index contributed by atoms with van der Waals surface area (Å²) >= 11 is 0. The summed E-state index contributed by atoms with van der Waals surface area (Å²) in [6.45, 7) is 3.56. The van der Waals surface area contributed by atoms with Crippen molar-refractivity contribution in [1.82, 2.24) is 0 Å². The molecule has 0 radical (unpaired) electrons. The van der Waals surface area contributed by atoms with Crippen molar-refractivity contribution in [3.8, 4) is 11.8 Å². The van der Waals surface area contributed by atoms with Crippen molar-refractivity contribution in [2.24, 2.45) is 16.7 Å². The number of ketones is 2. The zero-order valence-corrected chi connectivity index (χ0v) is 20.0. The summed E-state index contributed by atoms with van der Waals surface area (Å²) in [5.41, 5.74) is 5.86. The van der Waals surface area contributed by atoms with Gasteiger partial charge >= 0.3 is 0 Å². The minimum Gasteiger partial charge on any atom is -0.384 e. The second kappa shape index (κ2) is 7.26. The van der Waals surface area contributed by atoms with Crippen molar-refractivity contribution in [2.45, 2.75) is 76.7 Å². The number of allylic oxidation sites excluding steroid dienone is 4. The maximum absolute atomic E-state index is 12.4. The molecule has 0 heterocycles.